The molecule has 1 aromatic heterocycles. The van der Waals surface area contributed by atoms with Gasteiger partial charge in [0, 0.05) is 10.7 Å². The molecule has 6 nitrogen and oxygen atoms in total. The monoisotopic (exact) mass is 465 g/mol. The number of halogens is 1. The first kappa shape index (κ1) is 20.9. The van der Waals surface area contributed by atoms with Gasteiger partial charge in [0.2, 0.25) is 5.91 Å². The second-order valence-corrected chi connectivity index (χ2v) is 11.2. The van der Waals surface area contributed by atoms with Crippen LogP contribution in [0.3, 0.4) is 0 Å². The predicted octanol–water partition coefficient (Wildman–Crippen LogP) is 4.01. The van der Waals surface area contributed by atoms with Crippen LogP contribution in [0.15, 0.2) is 16.5 Å². The van der Waals surface area contributed by atoms with E-state index in [1.807, 2.05) is 6.07 Å². The Morgan fingerprint density at radius 1 is 1.14 bits per heavy atom. The van der Waals surface area contributed by atoms with Gasteiger partial charge in [0.05, 0.1) is 6.54 Å². The molecule has 29 heavy (non-hydrogen) atoms. The number of carbonyl (C=O) groups is 2. The summed E-state index contributed by atoms with van der Waals surface area (Å²) in [5.41, 5.74) is 5.23. The number of rotatable bonds is 7. The van der Waals surface area contributed by atoms with Crippen molar-refractivity contribution in [2.24, 2.45) is 17.3 Å². The highest BCUT2D eigenvalue weighted by Crippen LogP contribution is 2.65. The molecule has 160 valence electrons. The van der Waals surface area contributed by atoms with Crippen molar-refractivity contribution >= 4 is 27.7 Å². The lowest BCUT2D eigenvalue weighted by molar-refractivity contribution is -0.128. The Labute approximate surface area is 181 Å². The molecule has 4 bridgehead atoms. The van der Waals surface area contributed by atoms with Gasteiger partial charge in [-0.25, -0.2) is 0 Å². The van der Waals surface area contributed by atoms with Gasteiger partial charge in [0.25, 0.3) is 0 Å². The summed E-state index contributed by atoms with van der Waals surface area (Å²) in [5, 5.41) is 0. The molecule has 0 aliphatic heterocycles. The number of hydrazine groups is 1. The van der Waals surface area contributed by atoms with Crippen LogP contribution in [0, 0.1) is 17.3 Å². The van der Waals surface area contributed by atoms with Crippen LogP contribution in [-0.2, 0) is 11.3 Å². The minimum atomic E-state index is -0.411. The summed E-state index contributed by atoms with van der Waals surface area (Å²) in [6, 6.07) is 3.48. The van der Waals surface area contributed by atoms with E-state index in [4.69, 9.17) is 4.42 Å². The van der Waals surface area contributed by atoms with Gasteiger partial charge in [0.15, 0.2) is 5.76 Å². The SMILES string of the molecule is CCN(CC)Cc1ccc(C(=O)NNC(=O)CC23CC4CC(CC(Br)(C4)C2)C3)o1. The number of hydrogen-bond donors (Lipinski definition) is 2. The van der Waals surface area contributed by atoms with Crippen molar-refractivity contribution in [1.29, 1.82) is 0 Å². The molecule has 0 saturated heterocycles. The summed E-state index contributed by atoms with van der Waals surface area (Å²) in [6.07, 6.45) is 7.66. The molecule has 4 aliphatic rings. The van der Waals surface area contributed by atoms with Crippen LogP contribution in [0.5, 0.6) is 0 Å². The Bertz CT molecular complexity index is 759. The van der Waals surface area contributed by atoms with Crippen LogP contribution in [0.25, 0.3) is 0 Å². The number of nitrogens with one attached hydrogen (secondary N) is 2. The highest BCUT2D eigenvalue weighted by Gasteiger charge is 2.57. The third kappa shape index (κ3) is 4.55. The molecule has 4 saturated carbocycles. The van der Waals surface area contributed by atoms with E-state index < -0.39 is 5.91 Å². The fraction of sp³-hybridized carbons (Fsp3) is 0.727. The molecule has 2 amide bonds. The molecule has 0 spiro atoms. The molecule has 1 heterocycles. The van der Waals surface area contributed by atoms with E-state index in [1.54, 1.807) is 6.07 Å². The summed E-state index contributed by atoms with van der Waals surface area (Å²) in [7, 11) is 0. The van der Waals surface area contributed by atoms with E-state index in [-0.39, 0.29) is 21.4 Å². The summed E-state index contributed by atoms with van der Waals surface area (Å²) >= 11 is 3.99. The second kappa shape index (κ2) is 8.06. The van der Waals surface area contributed by atoms with Gasteiger partial charge in [0.1, 0.15) is 5.76 Å². The van der Waals surface area contributed by atoms with Crippen molar-refractivity contribution in [3.8, 4) is 0 Å². The molecule has 7 heteroatoms. The van der Waals surface area contributed by atoms with Gasteiger partial charge >= 0.3 is 5.91 Å². The smallest absolute Gasteiger partial charge is 0.305 e. The lowest BCUT2D eigenvalue weighted by atomic mass is 9.48. The van der Waals surface area contributed by atoms with Crippen LogP contribution in [0.2, 0.25) is 0 Å². The molecular weight excluding hydrogens is 434 g/mol. The zero-order valence-corrected chi connectivity index (χ0v) is 19.0. The van der Waals surface area contributed by atoms with Gasteiger partial charge in [-0.3, -0.25) is 25.3 Å². The molecule has 2 atom stereocenters. The highest BCUT2D eigenvalue weighted by molar-refractivity contribution is 9.10. The summed E-state index contributed by atoms with van der Waals surface area (Å²) in [6.45, 7) is 6.71. The number of nitrogens with zero attached hydrogens (tertiary/aromatic N) is 1. The van der Waals surface area contributed by atoms with Crippen molar-refractivity contribution in [2.45, 2.75) is 69.7 Å². The van der Waals surface area contributed by atoms with Crippen LogP contribution >= 0.6 is 15.9 Å². The summed E-state index contributed by atoms with van der Waals surface area (Å²) in [4.78, 5) is 27.2. The van der Waals surface area contributed by atoms with Crippen LogP contribution < -0.4 is 10.9 Å². The number of amides is 2. The topological polar surface area (TPSA) is 74.6 Å². The van der Waals surface area contributed by atoms with Crippen LogP contribution in [-0.4, -0.2) is 34.1 Å². The lowest BCUT2D eigenvalue weighted by Gasteiger charge is -2.60. The Hall–Kier alpha value is -1.34. The maximum atomic E-state index is 12.6. The van der Waals surface area contributed by atoms with E-state index in [0.29, 0.717) is 13.0 Å². The molecule has 0 radical (unpaired) electrons. The fourth-order valence-electron chi connectivity index (χ4n) is 6.37. The van der Waals surface area contributed by atoms with Gasteiger partial charge in [-0.05, 0) is 81.0 Å². The number of alkyl halides is 1. The molecule has 4 aliphatic carbocycles. The molecular formula is C22H32BrN3O3. The first-order valence-electron chi connectivity index (χ1n) is 10.9. The Balaban J connectivity index is 1.29. The van der Waals surface area contributed by atoms with Gasteiger partial charge in [-0.1, -0.05) is 29.8 Å². The van der Waals surface area contributed by atoms with Gasteiger partial charge in [-0.2, -0.15) is 0 Å². The molecule has 2 unspecified atom stereocenters. The first-order valence-corrected chi connectivity index (χ1v) is 11.7. The summed E-state index contributed by atoms with van der Waals surface area (Å²) in [5.74, 6) is 1.94. The van der Waals surface area contributed by atoms with Crippen LogP contribution in [0.1, 0.15) is 75.1 Å². The van der Waals surface area contributed by atoms with E-state index in [1.165, 1.54) is 19.3 Å². The molecule has 4 fully saturated rings. The second-order valence-electron chi connectivity index (χ2n) is 9.52. The molecule has 5 rings (SSSR count). The Morgan fingerprint density at radius 2 is 1.83 bits per heavy atom. The van der Waals surface area contributed by atoms with E-state index in [2.05, 4.69) is 45.5 Å². The van der Waals surface area contributed by atoms with E-state index >= 15 is 0 Å². The van der Waals surface area contributed by atoms with Crippen molar-refractivity contribution in [3.63, 3.8) is 0 Å². The zero-order valence-electron chi connectivity index (χ0n) is 17.4. The molecule has 0 aromatic carbocycles. The maximum Gasteiger partial charge on any atom is 0.305 e. The molecule has 2 N–H and O–H groups in total. The minimum Gasteiger partial charge on any atom is -0.454 e. The zero-order chi connectivity index (χ0) is 20.6. The van der Waals surface area contributed by atoms with Gasteiger partial charge in [-0.15, -0.1) is 0 Å². The Kier molecular flexibility index (Phi) is 5.81. The third-order valence-electron chi connectivity index (χ3n) is 7.12. The first-order chi connectivity index (χ1) is 13.8. The van der Waals surface area contributed by atoms with Crippen LogP contribution in [0.4, 0.5) is 0 Å². The van der Waals surface area contributed by atoms with Gasteiger partial charge < -0.3 is 4.42 Å². The quantitative estimate of drug-likeness (QED) is 0.471. The van der Waals surface area contributed by atoms with Crippen molar-refractivity contribution in [2.75, 3.05) is 13.1 Å². The Morgan fingerprint density at radius 3 is 2.45 bits per heavy atom. The molecule has 1 aromatic rings. The number of furan rings is 1. The number of carbonyl (C=O) groups excluding carboxylic acids is 2. The van der Waals surface area contributed by atoms with E-state index in [9.17, 15) is 9.59 Å². The van der Waals surface area contributed by atoms with Crippen molar-refractivity contribution < 1.29 is 14.0 Å². The predicted molar refractivity (Wildman–Crippen MR) is 114 cm³/mol. The van der Waals surface area contributed by atoms with Crippen molar-refractivity contribution in [1.82, 2.24) is 15.8 Å². The largest absolute Gasteiger partial charge is 0.454 e. The normalized spacial score (nSPS) is 32.6. The van der Waals surface area contributed by atoms with Crippen molar-refractivity contribution in [3.05, 3.63) is 23.7 Å². The third-order valence-corrected chi connectivity index (χ3v) is 8.05. The maximum absolute atomic E-state index is 12.6. The lowest BCUT2D eigenvalue weighted by Crippen LogP contribution is -2.54. The average Bonchev–Trinajstić information content (AvgIpc) is 3.10. The van der Waals surface area contributed by atoms with E-state index in [0.717, 1.165) is 49.9 Å². The summed E-state index contributed by atoms with van der Waals surface area (Å²) < 4.78 is 5.88. The highest BCUT2D eigenvalue weighted by atomic mass is 79.9. The number of hydrogen-bond acceptors (Lipinski definition) is 4. The minimum absolute atomic E-state index is 0.0873. The standard InChI is InChI=1S/C22H32BrN3O3/c1-3-26(4-2)13-17-5-6-18(29-17)20(28)25-24-19(27)12-21-8-15-7-16(9-21)11-22(23,10-15)14-21/h5-6,15-16H,3-4,7-14H2,1-2H3,(H,24,27)(H,25,28). The average molecular weight is 466 g/mol. The fourth-order valence-corrected chi connectivity index (χ4v) is 7.88.